The van der Waals surface area contributed by atoms with Gasteiger partial charge in [-0.2, -0.15) is 5.10 Å². The first-order chi connectivity index (χ1) is 7.04. The molecule has 0 aliphatic carbocycles. The molecule has 0 spiro atoms. The second-order valence-electron chi connectivity index (χ2n) is 3.98. The monoisotopic (exact) mass is 210 g/mol. The Bertz CT molecular complexity index is 346. The molecular weight excluding hydrogens is 192 g/mol. The summed E-state index contributed by atoms with van der Waals surface area (Å²) < 4.78 is 1.57. The van der Waals surface area contributed by atoms with E-state index in [9.17, 15) is 9.90 Å². The standard InChI is InChI=1S/C11H18N2O2/c1-4-6-11(3,10(14)15)13-8-9(5-2)7-12-13/h7-8H,4-6H2,1-3H3,(H,14,15). The van der Waals surface area contributed by atoms with Gasteiger partial charge in [-0.05, 0) is 25.3 Å². The minimum Gasteiger partial charge on any atom is -0.479 e. The van der Waals surface area contributed by atoms with Crippen molar-refractivity contribution in [2.45, 2.75) is 45.6 Å². The molecular formula is C11H18N2O2. The van der Waals surface area contributed by atoms with Gasteiger partial charge in [-0.1, -0.05) is 20.3 Å². The first kappa shape index (κ1) is 11.8. The van der Waals surface area contributed by atoms with Crippen molar-refractivity contribution in [2.24, 2.45) is 0 Å². The first-order valence-corrected chi connectivity index (χ1v) is 5.32. The van der Waals surface area contributed by atoms with E-state index in [-0.39, 0.29) is 0 Å². The summed E-state index contributed by atoms with van der Waals surface area (Å²) in [5.41, 5.74) is 0.154. The van der Waals surface area contributed by atoms with E-state index < -0.39 is 11.5 Å². The van der Waals surface area contributed by atoms with Gasteiger partial charge in [-0.3, -0.25) is 4.68 Å². The predicted molar refractivity (Wildman–Crippen MR) is 57.8 cm³/mol. The molecule has 1 heterocycles. The molecule has 0 aliphatic rings. The van der Waals surface area contributed by atoms with Crippen LogP contribution in [0.25, 0.3) is 0 Å². The van der Waals surface area contributed by atoms with Crippen molar-refractivity contribution in [1.82, 2.24) is 9.78 Å². The topological polar surface area (TPSA) is 55.1 Å². The third-order valence-electron chi connectivity index (χ3n) is 2.75. The van der Waals surface area contributed by atoms with Crippen molar-refractivity contribution >= 4 is 5.97 Å². The van der Waals surface area contributed by atoms with Crippen LogP contribution in [-0.2, 0) is 16.8 Å². The molecule has 84 valence electrons. The molecule has 15 heavy (non-hydrogen) atoms. The summed E-state index contributed by atoms with van der Waals surface area (Å²) in [6.07, 6.45) is 5.85. The van der Waals surface area contributed by atoms with Crippen molar-refractivity contribution in [1.29, 1.82) is 0 Å². The fourth-order valence-corrected chi connectivity index (χ4v) is 1.62. The number of nitrogens with zero attached hydrogens (tertiary/aromatic N) is 2. The van der Waals surface area contributed by atoms with Gasteiger partial charge in [0.1, 0.15) is 0 Å². The lowest BCUT2D eigenvalue weighted by Crippen LogP contribution is -2.39. The Morgan fingerprint density at radius 2 is 2.27 bits per heavy atom. The van der Waals surface area contributed by atoms with E-state index in [0.717, 1.165) is 18.4 Å². The molecule has 0 bridgehead atoms. The van der Waals surface area contributed by atoms with E-state index in [1.807, 2.05) is 20.0 Å². The normalized spacial score (nSPS) is 14.9. The second-order valence-corrected chi connectivity index (χ2v) is 3.98. The van der Waals surface area contributed by atoms with Crippen molar-refractivity contribution in [2.75, 3.05) is 0 Å². The number of aryl methyl sites for hydroxylation is 1. The Morgan fingerprint density at radius 3 is 2.67 bits per heavy atom. The number of hydrogen-bond donors (Lipinski definition) is 1. The van der Waals surface area contributed by atoms with Crippen LogP contribution >= 0.6 is 0 Å². The van der Waals surface area contributed by atoms with Crippen LogP contribution in [0.5, 0.6) is 0 Å². The van der Waals surface area contributed by atoms with Crippen LogP contribution < -0.4 is 0 Å². The van der Waals surface area contributed by atoms with E-state index in [2.05, 4.69) is 5.10 Å². The molecule has 0 saturated carbocycles. The van der Waals surface area contributed by atoms with Crippen LogP contribution in [0.3, 0.4) is 0 Å². The number of carbonyl (C=O) groups is 1. The third-order valence-corrected chi connectivity index (χ3v) is 2.75. The maximum atomic E-state index is 11.2. The minimum atomic E-state index is -0.915. The van der Waals surface area contributed by atoms with Gasteiger partial charge >= 0.3 is 5.97 Å². The lowest BCUT2D eigenvalue weighted by Gasteiger charge is -2.24. The van der Waals surface area contributed by atoms with Crippen LogP contribution in [0.2, 0.25) is 0 Å². The number of rotatable bonds is 5. The highest BCUT2D eigenvalue weighted by molar-refractivity contribution is 5.76. The Balaban J connectivity index is 3.03. The molecule has 1 N–H and O–H groups in total. The predicted octanol–water partition coefficient (Wildman–Crippen LogP) is 2.05. The van der Waals surface area contributed by atoms with Crippen LogP contribution in [0.4, 0.5) is 0 Å². The maximum absolute atomic E-state index is 11.2. The molecule has 4 nitrogen and oxygen atoms in total. The molecule has 4 heteroatoms. The van der Waals surface area contributed by atoms with E-state index >= 15 is 0 Å². The summed E-state index contributed by atoms with van der Waals surface area (Å²) in [4.78, 5) is 11.2. The van der Waals surface area contributed by atoms with Crippen LogP contribution in [0, 0.1) is 0 Å². The SMILES string of the molecule is CCCC(C)(C(=O)O)n1cc(CC)cn1. The third kappa shape index (κ3) is 2.19. The van der Waals surface area contributed by atoms with Gasteiger partial charge in [0.2, 0.25) is 0 Å². The van der Waals surface area contributed by atoms with Gasteiger partial charge in [0.15, 0.2) is 5.54 Å². The fourth-order valence-electron chi connectivity index (χ4n) is 1.62. The van der Waals surface area contributed by atoms with Crippen LogP contribution in [-0.4, -0.2) is 20.9 Å². The lowest BCUT2D eigenvalue weighted by molar-refractivity contribution is -0.147. The highest BCUT2D eigenvalue weighted by Crippen LogP contribution is 2.22. The molecule has 1 atom stereocenters. The maximum Gasteiger partial charge on any atom is 0.331 e. The van der Waals surface area contributed by atoms with E-state index in [4.69, 9.17) is 0 Å². The molecule has 0 aromatic carbocycles. The van der Waals surface area contributed by atoms with Crippen LogP contribution in [0.1, 0.15) is 39.2 Å². The van der Waals surface area contributed by atoms with Gasteiger partial charge in [0, 0.05) is 6.20 Å². The summed E-state index contributed by atoms with van der Waals surface area (Å²) in [6.45, 7) is 5.72. The molecule has 1 rings (SSSR count). The number of aliphatic carboxylic acids is 1. The van der Waals surface area contributed by atoms with E-state index in [0.29, 0.717) is 6.42 Å². The average molecular weight is 210 g/mol. The van der Waals surface area contributed by atoms with Gasteiger partial charge in [-0.25, -0.2) is 4.79 Å². The Hall–Kier alpha value is -1.32. The number of carboxylic acid groups (broad SMARTS) is 1. The van der Waals surface area contributed by atoms with E-state index in [1.165, 1.54) is 0 Å². The van der Waals surface area contributed by atoms with Gasteiger partial charge in [-0.15, -0.1) is 0 Å². The zero-order valence-corrected chi connectivity index (χ0v) is 9.53. The molecule has 0 saturated heterocycles. The molecule has 1 aromatic rings. The van der Waals surface area contributed by atoms with E-state index in [1.54, 1.807) is 17.8 Å². The zero-order valence-electron chi connectivity index (χ0n) is 9.53. The first-order valence-electron chi connectivity index (χ1n) is 5.32. The summed E-state index contributed by atoms with van der Waals surface area (Å²) >= 11 is 0. The molecule has 0 fully saturated rings. The van der Waals surface area contributed by atoms with Crippen molar-refractivity contribution in [3.63, 3.8) is 0 Å². The number of hydrogen-bond acceptors (Lipinski definition) is 2. The number of carboxylic acids is 1. The summed E-state index contributed by atoms with van der Waals surface area (Å²) in [5.74, 6) is -0.824. The van der Waals surface area contributed by atoms with Crippen molar-refractivity contribution < 1.29 is 9.90 Å². The number of aromatic nitrogens is 2. The van der Waals surface area contributed by atoms with Crippen molar-refractivity contribution in [3.8, 4) is 0 Å². The fraction of sp³-hybridized carbons (Fsp3) is 0.636. The van der Waals surface area contributed by atoms with Gasteiger partial charge < -0.3 is 5.11 Å². The molecule has 0 radical (unpaired) electrons. The smallest absolute Gasteiger partial charge is 0.331 e. The summed E-state index contributed by atoms with van der Waals surface area (Å²) in [6, 6.07) is 0. The highest BCUT2D eigenvalue weighted by atomic mass is 16.4. The van der Waals surface area contributed by atoms with Crippen molar-refractivity contribution in [3.05, 3.63) is 18.0 Å². The lowest BCUT2D eigenvalue weighted by atomic mass is 9.97. The molecule has 1 unspecified atom stereocenters. The Morgan fingerprint density at radius 1 is 1.60 bits per heavy atom. The Labute approximate surface area is 89.9 Å². The van der Waals surface area contributed by atoms with Gasteiger partial charge in [0.05, 0.1) is 6.20 Å². The Kier molecular flexibility index (Phi) is 3.50. The summed E-state index contributed by atoms with van der Waals surface area (Å²) in [5, 5.41) is 13.4. The quantitative estimate of drug-likeness (QED) is 0.809. The zero-order chi connectivity index (χ0) is 11.5. The highest BCUT2D eigenvalue weighted by Gasteiger charge is 2.34. The average Bonchev–Trinajstić information content (AvgIpc) is 2.66. The molecule has 0 amide bonds. The largest absolute Gasteiger partial charge is 0.479 e. The summed E-state index contributed by atoms with van der Waals surface area (Å²) in [7, 11) is 0. The minimum absolute atomic E-state index is 0.590. The second kappa shape index (κ2) is 4.47. The van der Waals surface area contributed by atoms with Crippen LogP contribution in [0.15, 0.2) is 12.4 Å². The molecule has 1 aromatic heterocycles. The molecule has 0 aliphatic heterocycles. The van der Waals surface area contributed by atoms with Gasteiger partial charge in [0.25, 0.3) is 0 Å².